The van der Waals surface area contributed by atoms with Crippen molar-refractivity contribution in [2.24, 2.45) is 5.92 Å². The highest BCUT2D eigenvalue weighted by molar-refractivity contribution is 7.89. The Morgan fingerprint density at radius 1 is 1.35 bits per heavy atom. The summed E-state index contributed by atoms with van der Waals surface area (Å²) in [4.78, 5) is 23.2. The summed E-state index contributed by atoms with van der Waals surface area (Å²) in [5, 5.41) is 11.4. The van der Waals surface area contributed by atoms with E-state index in [1.165, 1.54) is 23.4 Å². The number of nitrogens with zero attached hydrogens (tertiary/aromatic N) is 1. The van der Waals surface area contributed by atoms with E-state index in [1.54, 1.807) is 18.2 Å². The fraction of sp³-hybridized carbons (Fsp3) is 0.467. The molecule has 1 aromatic rings. The molecule has 1 saturated heterocycles. The first-order chi connectivity index (χ1) is 10.8. The summed E-state index contributed by atoms with van der Waals surface area (Å²) in [6.07, 6.45) is 1.03. The van der Waals surface area contributed by atoms with Crippen molar-refractivity contribution in [2.75, 3.05) is 13.1 Å². The number of carboxylic acids is 1. The summed E-state index contributed by atoms with van der Waals surface area (Å²) in [6, 6.07) is 7.19. The van der Waals surface area contributed by atoms with Crippen molar-refractivity contribution in [1.82, 2.24) is 9.62 Å². The molecule has 7 nitrogen and oxygen atoms in total. The molecule has 23 heavy (non-hydrogen) atoms. The average Bonchev–Trinajstić information content (AvgIpc) is 3.03. The molecular formula is C15H20N2O5S. The largest absolute Gasteiger partial charge is 0.481 e. The monoisotopic (exact) mass is 340 g/mol. The lowest BCUT2D eigenvalue weighted by Crippen LogP contribution is -2.47. The van der Waals surface area contributed by atoms with Crippen molar-refractivity contribution >= 4 is 21.9 Å². The van der Waals surface area contributed by atoms with Gasteiger partial charge in [-0.1, -0.05) is 25.1 Å². The number of rotatable bonds is 6. The van der Waals surface area contributed by atoms with Crippen LogP contribution in [0.2, 0.25) is 0 Å². The number of sulfonamides is 1. The molecule has 0 aliphatic carbocycles. The molecule has 2 N–H and O–H groups in total. The zero-order chi connectivity index (χ0) is 17.0. The lowest BCUT2D eigenvalue weighted by molar-refractivity contribution is -0.141. The molecule has 2 rings (SSSR count). The van der Waals surface area contributed by atoms with E-state index in [2.05, 4.69) is 5.32 Å². The normalized spacial score (nSPS) is 20.1. The van der Waals surface area contributed by atoms with Gasteiger partial charge in [0.15, 0.2) is 0 Å². The highest BCUT2D eigenvalue weighted by Gasteiger charge is 2.39. The zero-order valence-electron chi connectivity index (χ0n) is 12.8. The van der Waals surface area contributed by atoms with Crippen LogP contribution in [0.15, 0.2) is 35.2 Å². The standard InChI is InChI=1S/C15H20N2O5S/c1-11(15(19)20)10-16-14(18)13-8-5-9-17(13)23(21,22)12-6-3-2-4-7-12/h2-4,6-7,11,13H,5,8-10H2,1H3,(H,16,18)(H,19,20). The van der Waals surface area contributed by atoms with Gasteiger partial charge in [-0.2, -0.15) is 4.31 Å². The van der Waals surface area contributed by atoms with E-state index in [0.29, 0.717) is 12.8 Å². The highest BCUT2D eigenvalue weighted by Crippen LogP contribution is 2.26. The summed E-state index contributed by atoms with van der Waals surface area (Å²) in [6.45, 7) is 1.74. The molecular weight excluding hydrogens is 320 g/mol. The van der Waals surface area contributed by atoms with Crippen molar-refractivity contribution < 1.29 is 23.1 Å². The van der Waals surface area contributed by atoms with Crippen molar-refractivity contribution in [3.8, 4) is 0 Å². The van der Waals surface area contributed by atoms with E-state index in [9.17, 15) is 18.0 Å². The Kier molecular flexibility index (Phi) is 5.38. The van der Waals surface area contributed by atoms with Gasteiger partial charge in [0, 0.05) is 13.1 Å². The molecule has 1 amide bonds. The fourth-order valence-electron chi connectivity index (χ4n) is 2.48. The molecule has 1 fully saturated rings. The minimum Gasteiger partial charge on any atom is -0.481 e. The molecule has 0 aromatic heterocycles. The van der Waals surface area contributed by atoms with Crippen molar-refractivity contribution in [1.29, 1.82) is 0 Å². The smallest absolute Gasteiger partial charge is 0.308 e. The van der Waals surface area contributed by atoms with Gasteiger partial charge in [-0.15, -0.1) is 0 Å². The van der Waals surface area contributed by atoms with Gasteiger partial charge in [0.1, 0.15) is 6.04 Å². The van der Waals surface area contributed by atoms with Gasteiger partial charge in [0.05, 0.1) is 10.8 Å². The van der Waals surface area contributed by atoms with Crippen LogP contribution in [0.3, 0.4) is 0 Å². The first-order valence-corrected chi connectivity index (χ1v) is 8.85. The maximum absolute atomic E-state index is 12.6. The molecule has 0 radical (unpaired) electrons. The number of hydrogen-bond acceptors (Lipinski definition) is 4. The minimum absolute atomic E-state index is 0.0239. The number of hydrogen-bond donors (Lipinski definition) is 2. The molecule has 2 unspecified atom stereocenters. The molecule has 0 bridgehead atoms. The SMILES string of the molecule is CC(CNC(=O)C1CCCN1S(=O)(=O)c1ccccc1)C(=O)O. The Morgan fingerprint density at radius 2 is 2.00 bits per heavy atom. The lowest BCUT2D eigenvalue weighted by atomic mass is 10.1. The van der Waals surface area contributed by atoms with Gasteiger partial charge < -0.3 is 10.4 Å². The van der Waals surface area contributed by atoms with E-state index in [-0.39, 0.29) is 18.0 Å². The predicted molar refractivity (Wildman–Crippen MR) is 83.2 cm³/mol. The van der Waals surface area contributed by atoms with Crippen LogP contribution < -0.4 is 5.32 Å². The molecule has 126 valence electrons. The molecule has 1 aromatic carbocycles. The van der Waals surface area contributed by atoms with E-state index in [4.69, 9.17) is 5.11 Å². The summed E-state index contributed by atoms with van der Waals surface area (Å²) < 4.78 is 26.5. The van der Waals surface area contributed by atoms with Crippen molar-refractivity contribution in [3.63, 3.8) is 0 Å². The molecule has 0 saturated carbocycles. The highest BCUT2D eigenvalue weighted by atomic mass is 32.2. The number of amides is 1. The first kappa shape index (κ1) is 17.4. The quantitative estimate of drug-likeness (QED) is 0.792. The van der Waals surface area contributed by atoms with E-state index >= 15 is 0 Å². The predicted octanol–water partition coefficient (Wildman–Crippen LogP) is 0.677. The summed E-state index contributed by atoms with van der Waals surface area (Å²) in [7, 11) is -3.73. The second-order valence-electron chi connectivity index (χ2n) is 5.57. The Bertz CT molecular complexity index is 674. The van der Waals surface area contributed by atoms with Crippen LogP contribution in [0.1, 0.15) is 19.8 Å². The van der Waals surface area contributed by atoms with Gasteiger partial charge in [-0.3, -0.25) is 9.59 Å². The second kappa shape index (κ2) is 7.10. The van der Waals surface area contributed by atoms with Crippen LogP contribution in [0.5, 0.6) is 0 Å². The van der Waals surface area contributed by atoms with E-state index in [0.717, 1.165) is 0 Å². The lowest BCUT2D eigenvalue weighted by Gasteiger charge is -2.23. The van der Waals surface area contributed by atoms with Gasteiger partial charge in [-0.25, -0.2) is 8.42 Å². The van der Waals surface area contributed by atoms with Crippen molar-refractivity contribution in [2.45, 2.75) is 30.7 Å². The third-order valence-corrected chi connectivity index (χ3v) is 5.78. The van der Waals surface area contributed by atoms with Crippen LogP contribution in [-0.2, 0) is 19.6 Å². The summed E-state index contributed by atoms with van der Waals surface area (Å²) >= 11 is 0. The van der Waals surface area contributed by atoms with Gasteiger partial charge >= 0.3 is 5.97 Å². The molecule has 1 aliphatic rings. The molecule has 8 heteroatoms. The molecule has 1 aliphatic heterocycles. The van der Waals surface area contributed by atoms with Crippen LogP contribution in [0.4, 0.5) is 0 Å². The number of nitrogens with one attached hydrogen (secondary N) is 1. The van der Waals surface area contributed by atoms with Gasteiger partial charge in [0.25, 0.3) is 0 Å². The number of aliphatic carboxylic acids is 1. The minimum atomic E-state index is -3.73. The number of carboxylic acid groups (broad SMARTS) is 1. The Morgan fingerprint density at radius 3 is 2.61 bits per heavy atom. The molecule has 2 atom stereocenters. The van der Waals surface area contributed by atoms with Crippen LogP contribution in [0, 0.1) is 5.92 Å². The zero-order valence-corrected chi connectivity index (χ0v) is 13.6. The Balaban J connectivity index is 2.11. The number of carbonyl (C=O) groups excluding carboxylic acids is 1. The topological polar surface area (TPSA) is 104 Å². The molecule has 1 heterocycles. The summed E-state index contributed by atoms with van der Waals surface area (Å²) in [5.41, 5.74) is 0. The van der Waals surface area contributed by atoms with Crippen LogP contribution >= 0.6 is 0 Å². The maximum atomic E-state index is 12.6. The number of carbonyl (C=O) groups is 2. The third kappa shape index (κ3) is 3.89. The maximum Gasteiger partial charge on any atom is 0.308 e. The third-order valence-electron chi connectivity index (χ3n) is 3.86. The number of benzene rings is 1. The van der Waals surface area contributed by atoms with E-state index in [1.807, 2.05) is 0 Å². The molecule has 0 spiro atoms. The van der Waals surface area contributed by atoms with Crippen LogP contribution in [0.25, 0.3) is 0 Å². The van der Waals surface area contributed by atoms with Crippen LogP contribution in [-0.4, -0.2) is 48.8 Å². The van der Waals surface area contributed by atoms with Gasteiger partial charge in [0.2, 0.25) is 15.9 Å². The Labute approximate surface area is 135 Å². The van der Waals surface area contributed by atoms with Gasteiger partial charge in [-0.05, 0) is 25.0 Å². The Hall–Kier alpha value is -1.93. The fourth-order valence-corrected chi connectivity index (χ4v) is 4.15. The second-order valence-corrected chi connectivity index (χ2v) is 7.46. The first-order valence-electron chi connectivity index (χ1n) is 7.41. The average molecular weight is 340 g/mol. The van der Waals surface area contributed by atoms with Crippen molar-refractivity contribution in [3.05, 3.63) is 30.3 Å². The summed E-state index contributed by atoms with van der Waals surface area (Å²) in [5.74, 6) is -2.18. The van der Waals surface area contributed by atoms with E-state index < -0.39 is 33.9 Å².